The van der Waals surface area contributed by atoms with E-state index in [0.717, 1.165) is 12.8 Å². The van der Waals surface area contributed by atoms with E-state index in [0.29, 0.717) is 45.4 Å². The molecule has 6 heteroatoms. The van der Waals surface area contributed by atoms with E-state index in [4.69, 9.17) is 0 Å². The molecule has 6 nitrogen and oxygen atoms in total. The molecule has 2 atom stereocenters. The van der Waals surface area contributed by atoms with Gasteiger partial charge in [-0.2, -0.15) is 0 Å². The number of urea groups is 1. The summed E-state index contributed by atoms with van der Waals surface area (Å²) < 4.78 is 0. The van der Waals surface area contributed by atoms with Gasteiger partial charge in [-0.3, -0.25) is 4.79 Å². The highest BCUT2D eigenvalue weighted by Gasteiger charge is 2.46. The molecule has 2 unspecified atom stereocenters. The molecule has 3 rings (SSSR count). The lowest BCUT2D eigenvalue weighted by Crippen LogP contribution is -2.62. The summed E-state index contributed by atoms with van der Waals surface area (Å²) in [5.41, 5.74) is 0.507. The van der Waals surface area contributed by atoms with Crippen molar-refractivity contribution in [2.75, 3.05) is 40.3 Å². The van der Waals surface area contributed by atoms with Crippen LogP contribution in [0.1, 0.15) is 31.2 Å². The van der Waals surface area contributed by atoms with Crippen LogP contribution in [0, 0.1) is 5.92 Å². The van der Waals surface area contributed by atoms with Crippen LogP contribution in [-0.2, 0) is 11.2 Å². The third kappa shape index (κ3) is 4.61. The van der Waals surface area contributed by atoms with Crippen molar-refractivity contribution in [1.29, 1.82) is 0 Å². The number of benzene rings is 1. The van der Waals surface area contributed by atoms with E-state index in [-0.39, 0.29) is 17.9 Å². The maximum Gasteiger partial charge on any atom is 0.319 e. The maximum atomic E-state index is 12.6. The van der Waals surface area contributed by atoms with Gasteiger partial charge < -0.3 is 19.8 Å². The molecule has 1 N–H and O–H groups in total. The Labute approximate surface area is 161 Å². The van der Waals surface area contributed by atoms with Crippen LogP contribution in [0.15, 0.2) is 30.3 Å². The fraction of sp³-hybridized carbons (Fsp3) is 0.619. The van der Waals surface area contributed by atoms with Crippen molar-refractivity contribution in [2.45, 2.75) is 37.7 Å². The van der Waals surface area contributed by atoms with Gasteiger partial charge in [0.15, 0.2) is 0 Å². The van der Waals surface area contributed by atoms with Crippen molar-refractivity contribution < 1.29 is 14.7 Å². The van der Waals surface area contributed by atoms with Crippen LogP contribution in [0.2, 0.25) is 0 Å². The van der Waals surface area contributed by atoms with Crippen molar-refractivity contribution >= 4 is 11.9 Å². The third-order valence-electron chi connectivity index (χ3n) is 5.98. The Morgan fingerprint density at radius 1 is 1.11 bits per heavy atom. The largest absolute Gasteiger partial charge is 0.389 e. The average Bonchev–Trinajstić information content (AvgIpc) is 2.67. The minimum atomic E-state index is -0.746. The smallest absolute Gasteiger partial charge is 0.319 e. The highest BCUT2D eigenvalue weighted by molar-refractivity contribution is 5.76. The fourth-order valence-electron chi connectivity index (χ4n) is 4.23. The number of likely N-dealkylation sites (tertiary alicyclic amines) is 2. The first kappa shape index (κ1) is 19.7. The first-order chi connectivity index (χ1) is 12.9. The number of piperidine rings is 2. The van der Waals surface area contributed by atoms with Gasteiger partial charge in [-0.15, -0.1) is 0 Å². The molecule has 0 saturated carbocycles. The van der Waals surface area contributed by atoms with Crippen molar-refractivity contribution in [2.24, 2.45) is 5.92 Å². The van der Waals surface area contributed by atoms with Crippen LogP contribution in [0.4, 0.5) is 4.79 Å². The zero-order valence-corrected chi connectivity index (χ0v) is 16.4. The number of carbonyl (C=O) groups excluding carboxylic acids is 2. The minimum absolute atomic E-state index is 0.0247. The average molecular weight is 373 g/mol. The number of aliphatic hydroxyl groups is 1. The summed E-state index contributed by atoms with van der Waals surface area (Å²) in [7, 11) is 3.49. The van der Waals surface area contributed by atoms with Crippen LogP contribution in [0.3, 0.4) is 0 Å². The summed E-state index contributed by atoms with van der Waals surface area (Å²) in [6, 6.07) is 10.2. The van der Waals surface area contributed by atoms with Gasteiger partial charge in [-0.1, -0.05) is 30.3 Å². The van der Waals surface area contributed by atoms with Gasteiger partial charge in [0, 0.05) is 52.6 Å². The molecule has 0 radical (unpaired) electrons. The van der Waals surface area contributed by atoms with Crippen molar-refractivity contribution in [3.63, 3.8) is 0 Å². The predicted molar refractivity (Wildman–Crippen MR) is 104 cm³/mol. The molecular formula is C21H31N3O3. The fourth-order valence-corrected chi connectivity index (χ4v) is 4.23. The molecular weight excluding hydrogens is 342 g/mol. The summed E-state index contributed by atoms with van der Waals surface area (Å²) in [6.07, 6.45) is 3.46. The van der Waals surface area contributed by atoms with Gasteiger partial charge in [-0.25, -0.2) is 4.79 Å². The van der Waals surface area contributed by atoms with Crippen LogP contribution in [-0.4, -0.2) is 77.6 Å². The number of rotatable bonds is 4. The van der Waals surface area contributed by atoms with E-state index >= 15 is 0 Å². The highest BCUT2D eigenvalue weighted by Crippen LogP contribution is 2.36. The summed E-state index contributed by atoms with van der Waals surface area (Å²) in [5, 5.41) is 11.0. The third-order valence-corrected chi connectivity index (χ3v) is 5.98. The number of amides is 3. The Bertz CT molecular complexity index is 664. The molecule has 1 aromatic carbocycles. The molecule has 0 aromatic heterocycles. The first-order valence-corrected chi connectivity index (χ1v) is 9.89. The predicted octanol–water partition coefficient (Wildman–Crippen LogP) is 1.98. The van der Waals surface area contributed by atoms with Gasteiger partial charge >= 0.3 is 6.03 Å². The normalized spacial score (nSPS) is 25.1. The number of aryl methyl sites for hydroxylation is 1. The summed E-state index contributed by atoms with van der Waals surface area (Å²) in [6.45, 7) is 2.24. The Balaban J connectivity index is 1.53. The van der Waals surface area contributed by atoms with Gasteiger partial charge in [0.1, 0.15) is 0 Å². The molecule has 2 aliphatic heterocycles. The zero-order valence-electron chi connectivity index (χ0n) is 16.4. The van der Waals surface area contributed by atoms with Crippen LogP contribution in [0.25, 0.3) is 0 Å². The van der Waals surface area contributed by atoms with E-state index in [9.17, 15) is 14.7 Å². The second kappa shape index (κ2) is 8.30. The number of hydrogen-bond donors (Lipinski definition) is 1. The molecule has 3 amide bonds. The Morgan fingerprint density at radius 2 is 1.74 bits per heavy atom. The van der Waals surface area contributed by atoms with E-state index in [2.05, 4.69) is 12.1 Å². The lowest BCUT2D eigenvalue weighted by atomic mass is 9.75. The number of carbonyl (C=O) groups is 2. The van der Waals surface area contributed by atoms with Gasteiger partial charge in [0.05, 0.1) is 5.60 Å². The molecule has 148 valence electrons. The standard InChI is InChI=1S/C21H31N3O3/c1-22(2)20(26)24-14-12-21(27)11-13-23(15-18(21)16-24)19(25)10-6-9-17-7-4-3-5-8-17/h3-5,7-8,18,27H,6,9-16H2,1-2H3. The molecule has 2 saturated heterocycles. The lowest BCUT2D eigenvalue weighted by molar-refractivity contribution is -0.145. The molecule has 2 heterocycles. The molecule has 0 aliphatic carbocycles. The van der Waals surface area contributed by atoms with E-state index in [1.807, 2.05) is 23.1 Å². The van der Waals surface area contributed by atoms with Crippen LogP contribution < -0.4 is 0 Å². The lowest BCUT2D eigenvalue weighted by Gasteiger charge is -2.50. The van der Waals surface area contributed by atoms with Crippen LogP contribution in [0.5, 0.6) is 0 Å². The Hall–Kier alpha value is -2.08. The van der Waals surface area contributed by atoms with Crippen molar-refractivity contribution in [3.05, 3.63) is 35.9 Å². The number of nitrogens with zero attached hydrogens (tertiary/aromatic N) is 3. The van der Waals surface area contributed by atoms with E-state index in [1.165, 1.54) is 5.56 Å². The summed E-state index contributed by atoms with van der Waals surface area (Å²) in [4.78, 5) is 30.2. The second-order valence-corrected chi connectivity index (χ2v) is 8.10. The molecule has 27 heavy (non-hydrogen) atoms. The number of fused-ring (bicyclic) bond motifs is 1. The summed E-state index contributed by atoms with van der Waals surface area (Å²) in [5.74, 6) is 0.0889. The molecule has 2 aliphatic rings. The summed E-state index contributed by atoms with van der Waals surface area (Å²) >= 11 is 0. The highest BCUT2D eigenvalue weighted by atomic mass is 16.3. The first-order valence-electron chi connectivity index (χ1n) is 9.89. The molecule has 0 bridgehead atoms. The van der Waals surface area contributed by atoms with Gasteiger partial charge in [-0.05, 0) is 31.2 Å². The Morgan fingerprint density at radius 3 is 2.41 bits per heavy atom. The molecule has 1 aromatic rings. The zero-order chi connectivity index (χ0) is 19.4. The monoisotopic (exact) mass is 373 g/mol. The van der Waals surface area contributed by atoms with Crippen molar-refractivity contribution in [1.82, 2.24) is 14.7 Å². The quantitative estimate of drug-likeness (QED) is 0.878. The van der Waals surface area contributed by atoms with Crippen molar-refractivity contribution in [3.8, 4) is 0 Å². The minimum Gasteiger partial charge on any atom is -0.389 e. The van der Waals surface area contributed by atoms with Gasteiger partial charge in [0.25, 0.3) is 0 Å². The Kier molecular flexibility index (Phi) is 6.05. The molecule has 0 spiro atoms. The second-order valence-electron chi connectivity index (χ2n) is 8.10. The number of hydrogen-bond acceptors (Lipinski definition) is 3. The van der Waals surface area contributed by atoms with Crippen LogP contribution >= 0.6 is 0 Å². The topological polar surface area (TPSA) is 64.1 Å². The molecule has 2 fully saturated rings. The van der Waals surface area contributed by atoms with E-state index < -0.39 is 5.60 Å². The van der Waals surface area contributed by atoms with E-state index in [1.54, 1.807) is 23.9 Å². The SMILES string of the molecule is CN(C)C(=O)N1CCC2(O)CCN(C(=O)CCCc3ccccc3)CC2C1. The maximum absolute atomic E-state index is 12.6. The van der Waals surface area contributed by atoms with Gasteiger partial charge in [0.2, 0.25) is 5.91 Å².